The first kappa shape index (κ1) is 14.7. The number of nitrogens with one attached hydrogen (secondary N) is 1. The fourth-order valence-electron chi connectivity index (χ4n) is 4.07. The first-order valence-corrected chi connectivity index (χ1v) is 7.98. The molecule has 5 nitrogen and oxygen atoms in total. The summed E-state index contributed by atoms with van der Waals surface area (Å²) in [6.45, 7) is 3.70. The van der Waals surface area contributed by atoms with Crippen molar-refractivity contribution in [1.29, 1.82) is 0 Å². The highest BCUT2D eigenvalue weighted by Crippen LogP contribution is 2.38. The Kier molecular flexibility index (Phi) is 4.62. The molecule has 2 aliphatic heterocycles. The van der Waals surface area contributed by atoms with Gasteiger partial charge in [0.2, 0.25) is 0 Å². The van der Waals surface area contributed by atoms with Gasteiger partial charge in [0.15, 0.2) is 5.79 Å². The molecule has 3 unspecified atom stereocenters. The maximum atomic E-state index is 5.94. The van der Waals surface area contributed by atoms with Crippen LogP contribution in [0.4, 0.5) is 0 Å². The normalized spacial score (nSPS) is 38.4. The van der Waals surface area contributed by atoms with Crippen LogP contribution in [0.3, 0.4) is 0 Å². The van der Waals surface area contributed by atoms with Crippen molar-refractivity contribution < 1.29 is 14.2 Å². The van der Waals surface area contributed by atoms with E-state index in [-0.39, 0.29) is 5.79 Å². The van der Waals surface area contributed by atoms with Gasteiger partial charge in [-0.1, -0.05) is 0 Å². The molecule has 0 aromatic heterocycles. The van der Waals surface area contributed by atoms with Gasteiger partial charge in [-0.05, 0) is 32.9 Å². The van der Waals surface area contributed by atoms with Gasteiger partial charge in [-0.15, -0.1) is 0 Å². The van der Waals surface area contributed by atoms with Crippen LogP contribution in [0, 0.1) is 0 Å². The maximum absolute atomic E-state index is 5.94. The summed E-state index contributed by atoms with van der Waals surface area (Å²) in [6, 6.07) is 1.02. The van der Waals surface area contributed by atoms with E-state index in [4.69, 9.17) is 14.2 Å². The molecule has 0 aromatic carbocycles. The lowest BCUT2D eigenvalue weighted by Crippen LogP contribution is -2.59. The lowest BCUT2D eigenvalue weighted by atomic mass is 9.83. The van der Waals surface area contributed by atoms with E-state index < -0.39 is 0 Å². The molecule has 1 spiro atoms. The van der Waals surface area contributed by atoms with Crippen molar-refractivity contribution in [1.82, 2.24) is 10.2 Å². The molecule has 1 N–H and O–H groups in total. The largest absolute Gasteiger partial charge is 0.380 e. The molecule has 1 saturated carbocycles. The third-order valence-corrected chi connectivity index (χ3v) is 5.22. The highest BCUT2D eigenvalue weighted by Gasteiger charge is 2.47. The van der Waals surface area contributed by atoms with E-state index in [0.29, 0.717) is 18.2 Å². The number of hydrogen-bond acceptors (Lipinski definition) is 5. The molecule has 0 radical (unpaired) electrons. The fourth-order valence-corrected chi connectivity index (χ4v) is 4.07. The molecular formula is C15H28N2O3. The SMILES string of the molecule is CNC1CCC2(CC1N1CCCC(OC)C1)OCCO2. The summed E-state index contributed by atoms with van der Waals surface area (Å²) < 4.78 is 17.5. The molecular weight excluding hydrogens is 256 g/mol. The van der Waals surface area contributed by atoms with E-state index in [1.54, 1.807) is 0 Å². The number of piperidine rings is 1. The molecule has 1 aliphatic carbocycles. The number of likely N-dealkylation sites (N-methyl/N-ethyl adjacent to an activating group) is 1. The molecule has 2 saturated heterocycles. The van der Waals surface area contributed by atoms with Crippen molar-refractivity contribution >= 4 is 0 Å². The van der Waals surface area contributed by atoms with E-state index in [2.05, 4.69) is 17.3 Å². The first-order chi connectivity index (χ1) is 9.76. The molecule has 0 amide bonds. The second-order valence-corrected chi connectivity index (χ2v) is 6.31. The summed E-state index contributed by atoms with van der Waals surface area (Å²) in [5.41, 5.74) is 0. The van der Waals surface area contributed by atoms with Gasteiger partial charge >= 0.3 is 0 Å². The van der Waals surface area contributed by atoms with Gasteiger partial charge in [0.25, 0.3) is 0 Å². The van der Waals surface area contributed by atoms with Gasteiger partial charge in [-0.25, -0.2) is 0 Å². The van der Waals surface area contributed by atoms with Gasteiger partial charge in [0.05, 0.1) is 19.3 Å². The Hall–Kier alpha value is -0.200. The van der Waals surface area contributed by atoms with Crippen molar-refractivity contribution in [2.24, 2.45) is 0 Å². The number of ether oxygens (including phenoxy) is 3. The lowest BCUT2D eigenvalue weighted by Gasteiger charge is -2.47. The zero-order valence-corrected chi connectivity index (χ0v) is 12.8. The molecule has 3 atom stereocenters. The Bertz CT molecular complexity index is 320. The highest BCUT2D eigenvalue weighted by molar-refractivity contribution is 4.97. The number of likely N-dealkylation sites (tertiary alicyclic amines) is 1. The summed E-state index contributed by atoms with van der Waals surface area (Å²) in [4.78, 5) is 2.59. The van der Waals surface area contributed by atoms with E-state index in [9.17, 15) is 0 Å². The minimum Gasteiger partial charge on any atom is -0.380 e. The standard InChI is InChI=1S/C15H28N2O3/c1-16-13-5-6-15(19-8-9-20-15)10-14(13)17-7-3-4-12(11-17)18-2/h12-14,16H,3-11H2,1-2H3. The zero-order chi connectivity index (χ0) is 14.0. The van der Waals surface area contributed by atoms with E-state index in [1.165, 1.54) is 19.4 Å². The maximum Gasteiger partial charge on any atom is 0.170 e. The molecule has 3 aliphatic rings. The van der Waals surface area contributed by atoms with Crippen LogP contribution in [0.1, 0.15) is 32.1 Å². The summed E-state index contributed by atoms with van der Waals surface area (Å²) in [6.07, 6.45) is 5.90. The average Bonchev–Trinajstić information content (AvgIpc) is 2.95. The third-order valence-electron chi connectivity index (χ3n) is 5.22. The minimum atomic E-state index is -0.308. The summed E-state index contributed by atoms with van der Waals surface area (Å²) in [5.74, 6) is -0.308. The van der Waals surface area contributed by atoms with Gasteiger partial charge in [-0.2, -0.15) is 0 Å². The average molecular weight is 284 g/mol. The number of hydrogen-bond donors (Lipinski definition) is 1. The molecule has 3 rings (SSSR count). The topological polar surface area (TPSA) is 43.0 Å². The van der Waals surface area contributed by atoms with E-state index in [0.717, 1.165) is 39.0 Å². The Morgan fingerprint density at radius 1 is 1.25 bits per heavy atom. The van der Waals surface area contributed by atoms with Gasteiger partial charge in [0, 0.05) is 38.6 Å². The second-order valence-electron chi connectivity index (χ2n) is 6.31. The van der Waals surface area contributed by atoms with Crippen molar-refractivity contribution in [3.63, 3.8) is 0 Å². The van der Waals surface area contributed by atoms with Gasteiger partial charge < -0.3 is 19.5 Å². The van der Waals surface area contributed by atoms with Crippen molar-refractivity contribution in [2.75, 3.05) is 40.5 Å². The molecule has 0 aromatic rings. The van der Waals surface area contributed by atoms with Crippen molar-refractivity contribution in [2.45, 2.75) is 56.1 Å². The van der Waals surface area contributed by atoms with Crippen LogP contribution in [0.5, 0.6) is 0 Å². The summed E-state index contributed by atoms with van der Waals surface area (Å²) >= 11 is 0. The smallest absolute Gasteiger partial charge is 0.170 e. The van der Waals surface area contributed by atoms with E-state index in [1.807, 2.05) is 7.11 Å². The minimum absolute atomic E-state index is 0.308. The Morgan fingerprint density at radius 2 is 2.05 bits per heavy atom. The molecule has 116 valence electrons. The monoisotopic (exact) mass is 284 g/mol. The van der Waals surface area contributed by atoms with Crippen LogP contribution in [0.25, 0.3) is 0 Å². The number of rotatable bonds is 3. The van der Waals surface area contributed by atoms with Crippen LogP contribution >= 0.6 is 0 Å². The van der Waals surface area contributed by atoms with Crippen LogP contribution in [0.2, 0.25) is 0 Å². The van der Waals surface area contributed by atoms with E-state index >= 15 is 0 Å². The molecule has 2 heterocycles. The third kappa shape index (κ3) is 2.88. The Morgan fingerprint density at radius 3 is 2.75 bits per heavy atom. The van der Waals surface area contributed by atoms with Crippen LogP contribution in [0.15, 0.2) is 0 Å². The Labute approximate surface area is 121 Å². The fraction of sp³-hybridized carbons (Fsp3) is 1.00. The molecule has 20 heavy (non-hydrogen) atoms. The predicted molar refractivity (Wildman–Crippen MR) is 76.7 cm³/mol. The zero-order valence-electron chi connectivity index (χ0n) is 12.8. The van der Waals surface area contributed by atoms with Crippen LogP contribution in [-0.4, -0.2) is 69.3 Å². The van der Waals surface area contributed by atoms with Crippen LogP contribution in [-0.2, 0) is 14.2 Å². The Balaban J connectivity index is 1.70. The van der Waals surface area contributed by atoms with Crippen LogP contribution < -0.4 is 5.32 Å². The van der Waals surface area contributed by atoms with Crippen molar-refractivity contribution in [3.8, 4) is 0 Å². The van der Waals surface area contributed by atoms with Gasteiger partial charge in [-0.3, -0.25) is 4.90 Å². The molecule has 0 bridgehead atoms. The molecule has 5 heteroatoms. The predicted octanol–water partition coefficient (Wildman–Crippen LogP) is 0.981. The summed E-state index contributed by atoms with van der Waals surface area (Å²) in [7, 11) is 3.90. The lowest BCUT2D eigenvalue weighted by molar-refractivity contribution is -0.195. The highest BCUT2D eigenvalue weighted by atomic mass is 16.7. The number of nitrogens with zero attached hydrogens (tertiary/aromatic N) is 1. The quantitative estimate of drug-likeness (QED) is 0.837. The second kappa shape index (κ2) is 6.28. The molecule has 3 fully saturated rings. The first-order valence-electron chi connectivity index (χ1n) is 7.98. The van der Waals surface area contributed by atoms with Gasteiger partial charge in [0.1, 0.15) is 0 Å². The summed E-state index contributed by atoms with van der Waals surface area (Å²) in [5, 5.41) is 3.50. The van der Waals surface area contributed by atoms with Crippen molar-refractivity contribution in [3.05, 3.63) is 0 Å². The number of methoxy groups -OCH3 is 1.